The Balaban J connectivity index is 1.68. The molecule has 2 saturated heterocycles. The lowest BCUT2D eigenvalue weighted by Gasteiger charge is -2.42. The number of hydrogen-bond acceptors (Lipinski definition) is 11. The van der Waals surface area contributed by atoms with Crippen LogP contribution in [0.3, 0.4) is 0 Å². The Bertz CT molecular complexity index is 1830. The van der Waals surface area contributed by atoms with Gasteiger partial charge in [-0.05, 0) is 99.5 Å². The molecule has 1 aromatic rings. The number of allylic oxidation sites excluding steroid dienone is 6. The minimum atomic E-state index is -2.42. The van der Waals surface area contributed by atoms with Crippen molar-refractivity contribution in [2.24, 2.45) is 29.6 Å². The number of cyclic esters (lactones) is 1. The molecular formula is C49H69NO11. The number of benzene rings is 1. The number of nitrogens with zero attached hydrogens (tertiary/aromatic N) is 1. The molecule has 4 rings (SSSR count). The van der Waals surface area contributed by atoms with E-state index in [1.54, 1.807) is 52.2 Å². The fraction of sp³-hybridized carbons (Fsp3) is 0.612. The summed E-state index contributed by atoms with van der Waals surface area (Å²) in [5, 5.41) is 33.0. The van der Waals surface area contributed by atoms with Gasteiger partial charge < -0.3 is 34.4 Å². The van der Waals surface area contributed by atoms with Crippen molar-refractivity contribution in [3.05, 3.63) is 77.4 Å². The van der Waals surface area contributed by atoms with E-state index in [4.69, 9.17) is 14.2 Å². The zero-order chi connectivity index (χ0) is 45.0. The number of hydrogen-bond donors (Lipinski definition) is 3. The minimum absolute atomic E-state index is 0.0685. The highest BCUT2D eigenvalue weighted by Crippen LogP contribution is 2.37. The predicted octanol–water partition coefficient (Wildman–Crippen LogP) is 6.94. The van der Waals surface area contributed by atoms with Crippen LogP contribution in [0, 0.1) is 29.6 Å². The number of carbonyl (C=O) groups excluding carboxylic acids is 5. The van der Waals surface area contributed by atoms with Gasteiger partial charge in [0.1, 0.15) is 29.5 Å². The molecule has 0 spiro atoms. The van der Waals surface area contributed by atoms with Crippen LogP contribution in [0.1, 0.15) is 112 Å². The highest BCUT2D eigenvalue weighted by atomic mass is 16.6. The highest BCUT2D eigenvalue weighted by Gasteiger charge is 2.53. The van der Waals surface area contributed by atoms with Crippen molar-refractivity contribution in [1.29, 1.82) is 0 Å². The molecule has 3 heterocycles. The normalized spacial score (nSPS) is 33.0. The lowest BCUT2D eigenvalue weighted by atomic mass is 9.85. The van der Waals surface area contributed by atoms with Crippen LogP contribution in [0.15, 0.2) is 71.9 Å². The number of rotatable bonds is 4. The van der Waals surface area contributed by atoms with Gasteiger partial charge in [-0.15, -0.1) is 0 Å². The molecule has 0 radical (unpaired) electrons. The molecule has 1 amide bonds. The number of ketones is 3. The van der Waals surface area contributed by atoms with Crippen molar-refractivity contribution < 1.29 is 53.5 Å². The van der Waals surface area contributed by atoms with Gasteiger partial charge in [0.05, 0.1) is 18.3 Å². The minimum Gasteiger partial charge on any atom is -0.508 e. The van der Waals surface area contributed by atoms with E-state index >= 15 is 0 Å². The van der Waals surface area contributed by atoms with Gasteiger partial charge in [0.15, 0.2) is 0 Å². The summed E-state index contributed by atoms with van der Waals surface area (Å²) in [6, 6.07) is 5.53. The zero-order valence-electron chi connectivity index (χ0n) is 37.4. The number of methoxy groups -OCH3 is 1. The number of fused-ring (bicyclic) bond motifs is 3. The molecule has 11 unspecified atom stereocenters. The summed E-state index contributed by atoms with van der Waals surface area (Å²) in [5.74, 6) is -7.69. The van der Waals surface area contributed by atoms with E-state index in [-0.39, 0.29) is 55.0 Å². The standard InChI is InChI=1S/C49H69NO11/c1-30-15-10-9-11-16-31(2)44(59-8)27-39-21-20-36(7)49(58,61-39)46(55)47(56)50-22-13-12-19-40(50)48(57)60-45(35(6)25-37-17-14-18-38(51)26-37)29-43(54)34(5)24-33(4)42(53)28-41(52)32(3)23-30/h9-11,14-18,24,26,30,32,34-36,39-40,42,44-45,51,53,58H,12-13,19-23,25,27-29H2,1-8H3. The lowest BCUT2D eigenvalue weighted by Crippen LogP contribution is -2.61. The molecule has 2 bridgehead atoms. The molecule has 12 nitrogen and oxygen atoms in total. The summed E-state index contributed by atoms with van der Waals surface area (Å²) in [5.41, 5.74) is 2.13. The van der Waals surface area contributed by atoms with Crippen LogP contribution in [-0.4, -0.2) is 99.3 Å². The second-order valence-corrected chi connectivity index (χ2v) is 17.9. The molecular weight excluding hydrogens is 779 g/mol. The third-order valence-corrected chi connectivity index (χ3v) is 12.8. The van der Waals surface area contributed by atoms with Gasteiger partial charge in [-0.25, -0.2) is 4.79 Å². The molecule has 3 aliphatic rings. The van der Waals surface area contributed by atoms with E-state index in [0.717, 1.165) is 11.1 Å². The molecule has 0 saturated carbocycles. The molecule has 12 heteroatoms. The predicted molar refractivity (Wildman–Crippen MR) is 232 cm³/mol. The van der Waals surface area contributed by atoms with Crippen molar-refractivity contribution in [3.63, 3.8) is 0 Å². The van der Waals surface area contributed by atoms with Crippen LogP contribution in [-0.2, 0) is 44.6 Å². The van der Waals surface area contributed by atoms with Gasteiger partial charge in [-0.1, -0.05) is 83.2 Å². The van der Waals surface area contributed by atoms with Crippen LogP contribution in [0.2, 0.25) is 0 Å². The van der Waals surface area contributed by atoms with Crippen LogP contribution >= 0.6 is 0 Å². The molecule has 0 aliphatic carbocycles. The van der Waals surface area contributed by atoms with E-state index < -0.39 is 71.7 Å². The second kappa shape index (κ2) is 22.7. The van der Waals surface area contributed by atoms with E-state index in [1.807, 2.05) is 64.1 Å². The van der Waals surface area contributed by atoms with Crippen molar-refractivity contribution in [1.82, 2.24) is 4.90 Å². The number of ether oxygens (including phenoxy) is 3. The number of aliphatic hydroxyl groups is 2. The number of Topliss-reactive ketones (excluding diaryl/α,β-unsaturated/α-hetero) is 3. The molecule has 3 aliphatic heterocycles. The first-order chi connectivity index (χ1) is 28.8. The molecule has 336 valence electrons. The van der Waals surface area contributed by atoms with Crippen LogP contribution in [0.5, 0.6) is 5.75 Å². The maximum absolute atomic E-state index is 14.2. The number of amides is 1. The maximum Gasteiger partial charge on any atom is 0.329 e. The van der Waals surface area contributed by atoms with Crippen molar-refractivity contribution in [2.45, 2.75) is 149 Å². The monoisotopic (exact) mass is 847 g/mol. The number of piperidine rings is 1. The molecule has 61 heavy (non-hydrogen) atoms. The fourth-order valence-corrected chi connectivity index (χ4v) is 8.62. The Hall–Kier alpha value is -4.23. The van der Waals surface area contributed by atoms with Gasteiger partial charge in [0.25, 0.3) is 11.7 Å². The summed E-state index contributed by atoms with van der Waals surface area (Å²) in [7, 11) is 1.58. The first-order valence-corrected chi connectivity index (χ1v) is 22.0. The second-order valence-electron chi connectivity index (χ2n) is 17.9. The van der Waals surface area contributed by atoms with E-state index in [9.17, 15) is 39.3 Å². The van der Waals surface area contributed by atoms with Crippen molar-refractivity contribution >= 4 is 29.2 Å². The topological polar surface area (TPSA) is 177 Å². The fourth-order valence-electron chi connectivity index (χ4n) is 8.62. The average Bonchev–Trinajstić information content (AvgIpc) is 3.22. The Morgan fingerprint density at radius 2 is 1.66 bits per heavy atom. The van der Waals surface area contributed by atoms with E-state index in [0.29, 0.717) is 50.5 Å². The number of aromatic hydroxyl groups is 1. The largest absolute Gasteiger partial charge is 0.508 e. The molecule has 1 aromatic carbocycles. The molecule has 3 N–H and O–H groups in total. The average molecular weight is 848 g/mol. The number of esters is 1. The number of phenols is 1. The number of carbonyl (C=O) groups is 5. The summed E-state index contributed by atoms with van der Waals surface area (Å²) < 4.78 is 18.1. The molecule has 11 atom stereocenters. The maximum atomic E-state index is 14.2. The van der Waals surface area contributed by atoms with Gasteiger partial charge in [-0.3, -0.25) is 19.2 Å². The Morgan fingerprint density at radius 3 is 2.36 bits per heavy atom. The zero-order valence-corrected chi connectivity index (χ0v) is 37.4. The van der Waals surface area contributed by atoms with Gasteiger partial charge in [0.2, 0.25) is 5.79 Å². The first kappa shape index (κ1) is 49.4. The SMILES string of the molecule is COC1CC2CCC(C)C(O)(O2)C(=O)C(=O)N2CCCCC2C(=O)OC(C(C)Cc2cccc(O)c2)CC(=O)C(C)C=C(C)C(O)CC(=O)C(C)CC(C)C=CC=CC=C1C. The van der Waals surface area contributed by atoms with Gasteiger partial charge in [-0.2, -0.15) is 0 Å². The summed E-state index contributed by atoms with van der Waals surface area (Å²) in [6.07, 6.45) is 11.5. The Kier molecular flexibility index (Phi) is 18.4. The summed E-state index contributed by atoms with van der Waals surface area (Å²) in [6.45, 7) is 12.8. The van der Waals surface area contributed by atoms with Crippen LogP contribution in [0.25, 0.3) is 0 Å². The third kappa shape index (κ3) is 13.6. The summed E-state index contributed by atoms with van der Waals surface area (Å²) >= 11 is 0. The number of aliphatic hydroxyl groups excluding tert-OH is 1. The highest BCUT2D eigenvalue weighted by molar-refractivity contribution is 6.39. The Labute approximate surface area is 362 Å². The smallest absolute Gasteiger partial charge is 0.329 e. The lowest BCUT2D eigenvalue weighted by molar-refractivity contribution is -0.265. The molecule has 0 aromatic heterocycles. The summed E-state index contributed by atoms with van der Waals surface area (Å²) in [4.78, 5) is 70.7. The first-order valence-electron chi connectivity index (χ1n) is 22.0. The van der Waals surface area contributed by atoms with Gasteiger partial charge >= 0.3 is 5.97 Å². The molecule has 2 fully saturated rings. The Morgan fingerprint density at radius 1 is 0.918 bits per heavy atom. The van der Waals surface area contributed by atoms with E-state index in [1.165, 1.54) is 4.90 Å². The number of phenolic OH excluding ortho intramolecular Hbond substituents is 1. The van der Waals surface area contributed by atoms with Crippen molar-refractivity contribution in [3.8, 4) is 5.75 Å². The van der Waals surface area contributed by atoms with Crippen LogP contribution < -0.4 is 0 Å². The quantitative estimate of drug-likeness (QED) is 0.163. The van der Waals surface area contributed by atoms with Crippen LogP contribution in [0.4, 0.5) is 0 Å². The van der Waals surface area contributed by atoms with Gasteiger partial charge in [0, 0.05) is 50.7 Å². The van der Waals surface area contributed by atoms with Crippen molar-refractivity contribution in [2.75, 3.05) is 13.7 Å². The third-order valence-electron chi connectivity index (χ3n) is 12.8. The van der Waals surface area contributed by atoms with E-state index in [2.05, 4.69) is 0 Å².